The van der Waals surface area contributed by atoms with E-state index in [2.05, 4.69) is 4.74 Å². The van der Waals surface area contributed by atoms with Crippen LogP contribution in [0.1, 0.15) is 32.1 Å². The zero-order chi connectivity index (χ0) is 14.0. The minimum atomic E-state index is -0.903. The first-order valence-electron chi connectivity index (χ1n) is 6.64. The van der Waals surface area contributed by atoms with Gasteiger partial charge in [0, 0.05) is 12.6 Å². The van der Waals surface area contributed by atoms with E-state index >= 15 is 0 Å². The van der Waals surface area contributed by atoms with Crippen LogP contribution in [0.25, 0.3) is 0 Å². The summed E-state index contributed by atoms with van der Waals surface area (Å²) in [7, 11) is 1.33. The number of carboxylic acids is 1. The van der Waals surface area contributed by atoms with Crippen molar-refractivity contribution >= 4 is 17.8 Å². The molecule has 2 fully saturated rings. The van der Waals surface area contributed by atoms with Crippen LogP contribution in [0.4, 0.5) is 0 Å². The van der Waals surface area contributed by atoms with Gasteiger partial charge in [0.1, 0.15) is 0 Å². The molecule has 1 aliphatic heterocycles. The van der Waals surface area contributed by atoms with Crippen LogP contribution in [-0.4, -0.2) is 47.5 Å². The van der Waals surface area contributed by atoms with E-state index in [0.29, 0.717) is 13.0 Å². The smallest absolute Gasteiger partial charge is 0.307 e. The third-order valence-electron chi connectivity index (χ3n) is 3.97. The molecule has 0 aromatic carbocycles. The Balaban J connectivity index is 1.97. The van der Waals surface area contributed by atoms with E-state index in [4.69, 9.17) is 5.11 Å². The number of nitrogens with zero attached hydrogens (tertiary/aromatic N) is 1. The Hall–Kier alpha value is -1.59. The van der Waals surface area contributed by atoms with E-state index < -0.39 is 17.8 Å². The fraction of sp³-hybridized carbons (Fsp3) is 0.769. The molecule has 0 spiro atoms. The van der Waals surface area contributed by atoms with Gasteiger partial charge >= 0.3 is 11.9 Å². The maximum atomic E-state index is 12.3. The molecule has 0 aromatic rings. The van der Waals surface area contributed by atoms with Crippen LogP contribution in [0.5, 0.6) is 0 Å². The van der Waals surface area contributed by atoms with Crippen LogP contribution in [0.2, 0.25) is 0 Å². The lowest BCUT2D eigenvalue weighted by molar-refractivity contribution is -0.147. The lowest BCUT2D eigenvalue weighted by atomic mass is 9.98. The maximum Gasteiger partial charge on any atom is 0.307 e. The monoisotopic (exact) mass is 269 g/mol. The number of aliphatic carboxylic acids is 1. The zero-order valence-electron chi connectivity index (χ0n) is 11.0. The highest BCUT2D eigenvalue weighted by Gasteiger charge is 2.50. The molecule has 2 rings (SSSR count). The predicted octanol–water partition coefficient (Wildman–Crippen LogP) is 0.651. The molecule has 19 heavy (non-hydrogen) atoms. The maximum absolute atomic E-state index is 12.3. The van der Waals surface area contributed by atoms with Gasteiger partial charge in [-0.2, -0.15) is 0 Å². The number of rotatable bonds is 4. The molecule has 3 atom stereocenters. The summed E-state index contributed by atoms with van der Waals surface area (Å²) >= 11 is 0. The number of carbonyl (C=O) groups excluding carboxylic acids is 2. The van der Waals surface area contributed by atoms with Crippen molar-refractivity contribution in [1.82, 2.24) is 4.90 Å². The van der Waals surface area contributed by atoms with Gasteiger partial charge < -0.3 is 14.7 Å². The van der Waals surface area contributed by atoms with Crippen molar-refractivity contribution in [3.8, 4) is 0 Å². The Bertz CT molecular complexity index is 394. The molecular formula is C13H19NO5. The zero-order valence-corrected chi connectivity index (χ0v) is 11.0. The van der Waals surface area contributed by atoms with Crippen LogP contribution in [0.3, 0.4) is 0 Å². The van der Waals surface area contributed by atoms with Gasteiger partial charge in [-0.3, -0.25) is 14.4 Å². The van der Waals surface area contributed by atoms with Gasteiger partial charge in [0.05, 0.1) is 25.4 Å². The average Bonchev–Trinajstić information content (AvgIpc) is 3.19. The molecule has 6 nitrogen and oxygen atoms in total. The van der Waals surface area contributed by atoms with Gasteiger partial charge in [0.25, 0.3) is 0 Å². The van der Waals surface area contributed by atoms with Gasteiger partial charge in [-0.05, 0) is 25.7 Å². The van der Waals surface area contributed by atoms with E-state index in [1.807, 2.05) is 0 Å². The summed E-state index contributed by atoms with van der Waals surface area (Å²) in [6.07, 6.45) is 3.31. The Morgan fingerprint density at radius 2 is 2.00 bits per heavy atom. The van der Waals surface area contributed by atoms with E-state index in [1.54, 1.807) is 4.90 Å². The Morgan fingerprint density at radius 1 is 1.26 bits per heavy atom. The molecule has 1 amide bonds. The Labute approximate surface area is 111 Å². The van der Waals surface area contributed by atoms with E-state index in [9.17, 15) is 14.4 Å². The molecule has 1 N–H and O–H groups in total. The van der Waals surface area contributed by atoms with Crippen molar-refractivity contribution in [2.45, 2.75) is 38.1 Å². The highest BCUT2D eigenvalue weighted by molar-refractivity contribution is 5.90. The van der Waals surface area contributed by atoms with Crippen LogP contribution in [-0.2, 0) is 19.1 Å². The molecule has 3 unspecified atom stereocenters. The fourth-order valence-corrected chi connectivity index (χ4v) is 2.73. The Morgan fingerprint density at radius 3 is 2.58 bits per heavy atom. The number of piperidine rings is 1. The molecule has 0 radical (unpaired) electrons. The first-order valence-corrected chi connectivity index (χ1v) is 6.64. The summed E-state index contributed by atoms with van der Waals surface area (Å²) in [5, 5.41) is 8.88. The third-order valence-corrected chi connectivity index (χ3v) is 3.97. The number of ether oxygens (including phenoxy) is 1. The third kappa shape index (κ3) is 3.05. The van der Waals surface area contributed by atoms with Crippen molar-refractivity contribution in [1.29, 1.82) is 0 Å². The molecule has 6 heteroatoms. The van der Waals surface area contributed by atoms with Gasteiger partial charge in [-0.15, -0.1) is 0 Å². The average molecular weight is 269 g/mol. The summed E-state index contributed by atoms with van der Waals surface area (Å²) in [5.41, 5.74) is 0. The van der Waals surface area contributed by atoms with Gasteiger partial charge in [-0.1, -0.05) is 0 Å². The minimum absolute atomic E-state index is 0.110. The van der Waals surface area contributed by atoms with E-state index in [-0.39, 0.29) is 24.3 Å². The number of hydrogen-bond donors (Lipinski definition) is 1. The van der Waals surface area contributed by atoms with Crippen molar-refractivity contribution in [2.24, 2.45) is 11.8 Å². The van der Waals surface area contributed by atoms with Crippen molar-refractivity contribution in [3.05, 3.63) is 0 Å². The predicted molar refractivity (Wildman–Crippen MR) is 65.2 cm³/mol. The number of likely N-dealkylation sites (tertiary alicyclic amines) is 1. The first-order chi connectivity index (χ1) is 9.04. The fourth-order valence-electron chi connectivity index (χ4n) is 2.73. The molecule has 1 saturated carbocycles. The van der Waals surface area contributed by atoms with Crippen molar-refractivity contribution < 1.29 is 24.2 Å². The van der Waals surface area contributed by atoms with E-state index in [1.165, 1.54) is 7.11 Å². The topological polar surface area (TPSA) is 83.9 Å². The van der Waals surface area contributed by atoms with Gasteiger partial charge in [0.2, 0.25) is 5.91 Å². The summed E-state index contributed by atoms with van der Waals surface area (Å²) in [5.74, 6) is -2.26. The molecule has 1 heterocycles. The van der Waals surface area contributed by atoms with Crippen LogP contribution >= 0.6 is 0 Å². The lowest BCUT2D eigenvalue weighted by Crippen LogP contribution is -2.46. The number of carbonyl (C=O) groups is 3. The molecule has 1 saturated heterocycles. The minimum Gasteiger partial charge on any atom is -0.481 e. The molecule has 2 aliphatic rings. The SMILES string of the molecule is COC(=O)CC1CCCCN1C(=O)C1CC1C(=O)O. The number of esters is 1. The molecule has 0 bridgehead atoms. The highest BCUT2D eigenvalue weighted by atomic mass is 16.5. The second-order valence-corrected chi connectivity index (χ2v) is 5.25. The molecule has 0 aromatic heterocycles. The lowest BCUT2D eigenvalue weighted by Gasteiger charge is -2.35. The molecule has 106 valence electrons. The standard InChI is InChI=1S/C13H19NO5/c1-19-11(15)6-8-4-2-3-5-14(8)12(16)9-7-10(9)13(17)18/h8-10H,2-7H2,1H3,(H,17,18). The largest absolute Gasteiger partial charge is 0.481 e. The number of hydrogen-bond acceptors (Lipinski definition) is 4. The number of methoxy groups -OCH3 is 1. The second-order valence-electron chi connectivity index (χ2n) is 5.25. The first kappa shape index (κ1) is 13.8. The summed E-state index contributed by atoms with van der Waals surface area (Å²) in [4.78, 5) is 36.1. The summed E-state index contributed by atoms with van der Waals surface area (Å²) < 4.78 is 4.65. The Kier molecular flexibility index (Phi) is 4.07. The summed E-state index contributed by atoms with van der Waals surface area (Å²) in [6.45, 7) is 0.614. The summed E-state index contributed by atoms with van der Waals surface area (Å²) in [6, 6.07) is -0.135. The molecular weight excluding hydrogens is 250 g/mol. The van der Waals surface area contributed by atoms with Crippen LogP contribution in [0, 0.1) is 11.8 Å². The van der Waals surface area contributed by atoms with Crippen LogP contribution in [0.15, 0.2) is 0 Å². The number of amides is 1. The van der Waals surface area contributed by atoms with Gasteiger partial charge in [-0.25, -0.2) is 0 Å². The van der Waals surface area contributed by atoms with Gasteiger partial charge in [0.15, 0.2) is 0 Å². The highest BCUT2D eigenvalue weighted by Crippen LogP contribution is 2.41. The van der Waals surface area contributed by atoms with Crippen LogP contribution < -0.4 is 0 Å². The quantitative estimate of drug-likeness (QED) is 0.758. The van der Waals surface area contributed by atoms with Crippen molar-refractivity contribution in [3.63, 3.8) is 0 Å². The molecule has 1 aliphatic carbocycles. The van der Waals surface area contributed by atoms with Crippen molar-refractivity contribution in [2.75, 3.05) is 13.7 Å². The van der Waals surface area contributed by atoms with E-state index in [0.717, 1.165) is 19.3 Å². The second kappa shape index (κ2) is 5.59. The number of carboxylic acid groups (broad SMARTS) is 1. The normalized spacial score (nSPS) is 29.7.